The lowest BCUT2D eigenvalue weighted by Gasteiger charge is -2.18. The van der Waals surface area contributed by atoms with Gasteiger partial charge >= 0.3 is 5.97 Å². The number of methoxy groups -OCH3 is 1. The fourth-order valence-electron chi connectivity index (χ4n) is 3.08. The highest BCUT2D eigenvalue weighted by molar-refractivity contribution is 7.99. The molecule has 1 atom stereocenters. The molecule has 150 valence electrons. The van der Waals surface area contributed by atoms with Gasteiger partial charge in [0, 0.05) is 6.04 Å². The highest BCUT2D eigenvalue weighted by Crippen LogP contribution is 2.36. The van der Waals surface area contributed by atoms with Crippen LogP contribution in [0.2, 0.25) is 0 Å². The maximum absolute atomic E-state index is 12.9. The van der Waals surface area contributed by atoms with Crippen LogP contribution in [0.4, 0.5) is 0 Å². The van der Waals surface area contributed by atoms with E-state index >= 15 is 0 Å². The van der Waals surface area contributed by atoms with Gasteiger partial charge in [-0.2, -0.15) is 0 Å². The lowest BCUT2D eigenvalue weighted by atomic mass is 10.0. The Bertz CT molecular complexity index is 937. The van der Waals surface area contributed by atoms with Crippen LogP contribution in [0, 0.1) is 5.92 Å². The van der Waals surface area contributed by atoms with E-state index in [4.69, 9.17) is 4.74 Å². The average molecular weight is 404 g/mol. The molecule has 0 saturated heterocycles. The van der Waals surface area contributed by atoms with E-state index in [9.17, 15) is 14.4 Å². The van der Waals surface area contributed by atoms with Gasteiger partial charge in [-0.1, -0.05) is 37.7 Å². The average Bonchev–Trinajstić information content (AvgIpc) is 3.50. The minimum atomic E-state index is -0.673. The van der Waals surface area contributed by atoms with E-state index in [1.54, 1.807) is 16.7 Å². The monoisotopic (exact) mass is 403 g/mol. The Morgan fingerprint density at radius 1 is 1.32 bits per heavy atom. The second-order valence-corrected chi connectivity index (χ2v) is 8.32. The fourth-order valence-corrected chi connectivity index (χ4v) is 3.95. The first kappa shape index (κ1) is 20.4. The van der Waals surface area contributed by atoms with E-state index < -0.39 is 12.0 Å². The summed E-state index contributed by atoms with van der Waals surface area (Å²) >= 11 is 1.22. The van der Waals surface area contributed by atoms with Crippen molar-refractivity contribution in [2.45, 2.75) is 50.4 Å². The third-order valence-electron chi connectivity index (χ3n) is 4.55. The number of rotatable bonds is 8. The van der Waals surface area contributed by atoms with Crippen molar-refractivity contribution >= 4 is 34.5 Å². The van der Waals surface area contributed by atoms with Crippen molar-refractivity contribution in [2.75, 3.05) is 12.9 Å². The Labute approximate surface area is 167 Å². The van der Waals surface area contributed by atoms with E-state index in [1.807, 2.05) is 26.0 Å². The summed E-state index contributed by atoms with van der Waals surface area (Å²) in [5, 5.41) is 3.87. The number of benzene rings is 1. The van der Waals surface area contributed by atoms with Crippen molar-refractivity contribution in [2.24, 2.45) is 5.92 Å². The Hall–Kier alpha value is -2.35. The molecule has 1 aliphatic rings. The Balaban J connectivity index is 1.75. The summed E-state index contributed by atoms with van der Waals surface area (Å²) < 4.78 is 6.48. The van der Waals surface area contributed by atoms with E-state index in [1.165, 1.54) is 18.9 Å². The van der Waals surface area contributed by atoms with Crippen LogP contribution in [0.25, 0.3) is 10.9 Å². The van der Waals surface area contributed by atoms with Gasteiger partial charge in [0.2, 0.25) is 5.91 Å². The molecule has 0 unspecified atom stereocenters. The van der Waals surface area contributed by atoms with Crippen LogP contribution in [0.15, 0.2) is 34.2 Å². The summed E-state index contributed by atoms with van der Waals surface area (Å²) in [5.74, 6) is -0.431. The summed E-state index contributed by atoms with van der Waals surface area (Å²) in [6.07, 6.45) is 2.39. The third kappa shape index (κ3) is 4.73. The highest BCUT2D eigenvalue weighted by Gasteiger charge is 2.29. The van der Waals surface area contributed by atoms with Crippen LogP contribution in [0.3, 0.4) is 0 Å². The molecular formula is C20H25N3O4S. The van der Waals surface area contributed by atoms with Crippen LogP contribution in [-0.4, -0.2) is 40.3 Å². The molecule has 1 aliphatic carbocycles. The molecule has 1 aromatic heterocycles. The van der Waals surface area contributed by atoms with E-state index in [0.717, 1.165) is 12.8 Å². The fraction of sp³-hybridized carbons (Fsp3) is 0.500. The maximum Gasteiger partial charge on any atom is 0.328 e. The van der Waals surface area contributed by atoms with Gasteiger partial charge < -0.3 is 10.1 Å². The van der Waals surface area contributed by atoms with Crippen molar-refractivity contribution in [1.29, 1.82) is 0 Å². The molecule has 0 radical (unpaired) electrons. The zero-order chi connectivity index (χ0) is 20.3. The molecule has 1 N–H and O–H groups in total. The van der Waals surface area contributed by atoms with Crippen LogP contribution in [0.5, 0.6) is 0 Å². The topological polar surface area (TPSA) is 90.3 Å². The van der Waals surface area contributed by atoms with Gasteiger partial charge in [0.05, 0.1) is 23.8 Å². The molecule has 1 fully saturated rings. The minimum Gasteiger partial charge on any atom is -0.467 e. The summed E-state index contributed by atoms with van der Waals surface area (Å²) in [4.78, 5) is 41.8. The number of ether oxygens (including phenoxy) is 1. The van der Waals surface area contributed by atoms with Crippen LogP contribution in [-0.2, 0) is 14.3 Å². The number of aromatic nitrogens is 2. The van der Waals surface area contributed by atoms with Crippen LogP contribution < -0.4 is 10.9 Å². The summed E-state index contributed by atoms with van der Waals surface area (Å²) in [6, 6.07) is 6.72. The van der Waals surface area contributed by atoms with Crippen molar-refractivity contribution < 1.29 is 14.3 Å². The first-order chi connectivity index (χ1) is 13.4. The summed E-state index contributed by atoms with van der Waals surface area (Å²) in [7, 11) is 1.31. The molecule has 0 bridgehead atoms. The predicted molar refractivity (Wildman–Crippen MR) is 108 cm³/mol. The van der Waals surface area contributed by atoms with Crippen molar-refractivity contribution in [1.82, 2.24) is 14.9 Å². The predicted octanol–water partition coefficient (Wildman–Crippen LogP) is 2.53. The van der Waals surface area contributed by atoms with E-state index in [-0.39, 0.29) is 29.2 Å². The van der Waals surface area contributed by atoms with E-state index in [2.05, 4.69) is 10.3 Å². The zero-order valence-corrected chi connectivity index (χ0v) is 17.1. The lowest BCUT2D eigenvalue weighted by molar-refractivity contribution is -0.145. The smallest absolute Gasteiger partial charge is 0.328 e. The first-order valence-electron chi connectivity index (χ1n) is 9.42. The number of thioether (sulfide) groups is 1. The number of esters is 1. The van der Waals surface area contributed by atoms with Crippen molar-refractivity contribution in [3.05, 3.63) is 34.6 Å². The van der Waals surface area contributed by atoms with Crippen molar-refractivity contribution in [3.8, 4) is 0 Å². The normalized spacial score (nSPS) is 14.9. The standard InChI is InChI=1S/C20H25N3O4S/c1-12(2)10-16(19(26)27-3)21-17(24)11-28-20-22-15-7-5-4-6-14(15)18(25)23(20)13-8-9-13/h4-7,12-13,16H,8-11H2,1-3H3,(H,21,24)/t16-/m0/s1. The largest absolute Gasteiger partial charge is 0.467 e. The third-order valence-corrected chi connectivity index (χ3v) is 5.50. The molecule has 1 aromatic carbocycles. The molecule has 1 saturated carbocycles. The molecule has 3 rings (SSSR count). The summed E-state index contributed by atoms with van der Waals surface area (Å²) in [6.45, 7) is 3.95. The molecule has 7 nitrogen and oxygen atoms in total. The molecule has 1 amide bonds. The quantitative estimate of drug-likeness (QED) is 0.414. The number of hydrogen-bond donors (Lipinski definition) is 1. The SMILES string of the molecule is COC(=O)[C@H](CC(C)C)NC(=O)CSc1nc2ccccc2c(=O)n1C1CC1. The summed E-state index contributed by atoms with van der Waals surface area (Å²) in [5.41, 5.74) is 0.558. The number of hydrogen-bond acceptors (Lipinski definition) is 6. The second kappa shape index (κ2) is 8.77. The highest BCUT2D eigenvalue weighted by atomic mass is 32.2. The van der Waals surface area contributed by atoms with Gasteiger partial charge in [-0.3, -0.25) is 14.2 Å². The van der Waals surface area contributed by atoms with Gasteiger partial charge in [0.25, 0.3) is 5.56 Å². The number of nitrogens with one attached hydrogen (secondary N) is 1. The molecular weight excluding hydrogens is 378 g/mol. The maximum atomic E-state index is 12.9. The first-order valence-corrected chi connectivity index (χ1v) is 10.4. The molecule has 8 heteroatoms. The minimum absolute atomic E-state index is 0.0664. The lowest BCUT2D eigenvalue weighted by Crippen LogP contribution is -2.43. The van der Waals surface area contributed by atoms with Gasteiger partial charge in [0.1, 0.15) is 6.04 Å². The van der Waals surface area contributed by atoms with Gasteiger partial charge in [-0.15, -0.1) is 0 Å². The number of para-hydroxylation sites is 1. The van der Waals surface area contributed by atoms with Gasteiger partial charge in [0.15, 0.2) is 5.16 Å². The number of nitrogens with zero attached hydrogens (tertiary/aromatic N) is 2. The molecule has 0 aliphatic heterocycles. The molecule has 1 heterocycles. The molecule has 28 heavy (non-hydrogen) atoms. The molecule has 0 spiro atoms. The Morgan fingerprint density at radius 3 is 2.68 bits per heavy atom. The van der Waals surface area contributed by atoms with Crippen LogP contribution in [0.1, 0.15) is 39.2 Å². The Kier molecular flexibility index (Phi) is 6.39. The van der Waals surface area contributed by atoms with Gasteiger partial charge in [-0.25, -0.2) is 9.78 Å². The molecule has 2 aromatic rings. The Morgan fingerprint density at radius 2 is 2.04 bits per heavy atom. The van der Waals surface area contributed by atoms with Gasteiger partial charge in [-0.05, 0) is 37.3 Å². The van der Waals surface area contributed by atoms with Crippen LogP contribution >= 0.6 is 11.8 Å². The van der Waals surface area contributed by atoms with Crippen molar-refractivity contribution in [3.63, 3.8) is 0 Å². The number of carbonyl (C=O) groups is 2. The van der Waals surface area contributed by atoms with E-state index in [0.29, 0.717) is 22.5 Å². The number of carbonyl (C=O) groups excluding carboxylic acids is 2. The zero-order valence-electron chi connectivity index (χ0n) is 16.3. The number of fused-ring (bicyclic) bond motifs is 1. The second-order valence-electron chi connectivity index (χ2n) is 7.38. The number of amides is 1.